The number of para-hydroxylation sites is 1. The Bertz CT molecular complexity index is 933. The molecule has 9 heteroatoms. The summed E-state index contributed by atoms with van der Waals surface area (Å²) in [6, 6.07) is 10.4. The van der Waals surface area contributed by atoms with Crippen molar-refractivity contribution in [1.82, 2.24) is 4.90 Å². The Hall–Kier alpha value is -2.56. The number of nitrogens with zero attached hydrogens (tertiary/aromatic N) is 2. The molecule has 0 unspecified atom stereocenters. The fourth-order valence-corrected chi connectivity index (χ4v) is 3.53. The number of hydrogen-bond donors (Lipinski definition) is 0. The Kier molecular flexibility index (Phi) is 5.68. The molecule has 0 spiro atoms. The first kappa shape index (κ1) is 19.2. The fourth-order valence-electron chi connectivity index (χ4n) is 2.80. The summed E-state index contributed by atoms with van der Waals surface area (Å²) in [5.41, 5.74) is 1.46. The van der Waals surface area contributed by atoms with E-state index < -0.39 is 11.5 Å². The molecular formula is C18H13F2IN2O4. The summed E-state index contributed by atoms with van der Waals surface area (Å²) in [5, 5.41) is 10.8. The molecule has 0 fully saturated rings. The summed E-state index contributed by atoms with van der Waals surface area (Å²) in [5.74, 6) is -0.255. The molecular weight excluding hydrogens is 473 g/mol. The second-order valence-electron chi connectivity index (χ2n) is 5.70. The van der Waals surface area contributed by atoms with Crippen molar-refractivity contribution in [2.75, 3.05) is 6.54 Å². The number of nitro benzene ring substituents is 1. The standard InChI is InChI=1S/C18H13F2IN2O4/c19-18(20)27-16-4-2-1-3-13(16)11-7-8-22(10-11)17(24)14-6-5-12(23(25)26)9-15(14)21/h1-6,9-10,18H,7-8H2. The van der Waals surface area contributed by atoms with Crippen LogP contribution in [0.2, 0.25) is 0 Å². The third-order valence-electron chi connectivity index (χ3n) is 4.04. The van der Waals surface area contributed by atoms with Gasteiger partial charge in [0.15, 0.2) is 0 Å². The van der Waals surface area contributed by atoms with E-state index in [0.717, 1.165) is 0 Å². The third-order valence-corrected chi connectivity index (χ3v) is 4.93. The minimum Gasteiger partial charge on any atom is -0.434 e. The van der Waals surface area contributed by atoms with Crippen molar-refractivity contribution < 1.29 is 23.2 Å². The van der Waals surface area contributed by atoms with Crippen LogP contribution in [-0.2, 0) is 0 Å². The zero-order valence-corrected chi connectivity index (χ0v) is 15.9. The third kappa shape index (κ3) is 4.24. The molecule has 27 heavy (non-hydrogen) atoms. The van der Waals surface area contributed by atoms with E-state index in [2.05, 4.69) is 4.74 Å². The normalized spacial score (nSPS) is 13.6. The summed E-state index contributed by atoms with van der Waals surface area (Å²) in [6.45, 7) is -2.56. The highest BCUT2D eigenvalue weighted by Crippen LogP contribution is 2.33. The van der Waals surface area contributed by atoms with Gasteiger partial charge in [-0.25, -0.2) is 0 Å². The van der Waals surface area contributed by atoms with Crippen molar-refractivity contribution in [2.24, 2.45) is 0 Å². The van der Waals surface area contributed by atoms with Crippen LogP contribution in [0.1, 0.15) is 22.3 Å². The first-order chi connectivity index (χ1) is 12.9. The number of hydrogen-bond acceptors (Lipinski definition) is 4. The Balaban J connectivity index is 1.86. The van der Waals surface area contributed by atoms with Crippen molar-refractivity contribution in [2.45, 2.75) is 13.0 Å². The molecule has 0 N–H and O–H groups in total. The molecule has 0 radical (unpaired) electrons. The number of alkyl halides is 2. The SMILES string of the molecule is O=C(c1ccc([N+](=O)[O-])cc1I)N1C=C(c2ccccc2OC(F)F)CC1. The van der Waals surface area contributed by atoms with Crippen molar-refractivity contribution in [3.8, 4) is 5.75 Å². The number of ether oxygens (including phenoxy) is 1. The number of amides is 1. The van der Waals surface area contributed by atoms with Gasteiger partial charge in [-0.15, -0.1) is 0 Å². The molecule has 3 rings (SSSR count). The average Bonchev–Trinajstić information content (AvgIpc) is 3.11. The summed E-state index contributed by atoms with van der Waals surface area (Å²) >= 11 is 1.88. The topological polar surface area (TPSA) is 72.7 Å². The van der Waals surface area contributed by atoms with Gasteiger partial charge < -0.3 is 9.64 Å². The number of benzene rings is 2. The zero-order chi connectivity index (χ0) is 19.6. The van der Waals surface area contributed by atoms with E-state index in [1.54, 1.807) is 24.4 Å². The van der Waals surface area contributed by atoms with Crippen molar-refractivity contribution >= 4 is 39.8 Å². The van der Waals surface area contributed by atoms with E-state index in [0.29, 0.717) is 33.2 Å². The van der Waals surface area contributed by atoms with Crippen molar-refractivity contribution in [3.63, 3.8) is 0 Å². The van der Waals surface area contributed by atoms with Gasteiger partial charge in [0.2, 0.25) is 0 Å². The van der Waals surface area contributed by atoms with E-state index in [4.69, 9.17) is 0 Å². The van der Waals surface area contributed by atoms with Gasteiger partial charge in [0.25, 0.3) is 11.6 Å². The molecule has 0 saturated heterocycles. The van der Waals surface area contributed by atoms with Gasteiger partial charge in [-0.1, -0.05) is 18.2 Å². The molecule has 1 amide bonds. The molecule has 0 aromatic heterocycles. The lowest BCUT2D eigenvalue weighted by atomic mass is 10.0. The van der Waals surface area contributed by atoms with E-state index in [9.17, 15) is 23.7 Å². The van der Waals surface area contributed by atoms with Gasteiger partial charge in [0.05, 0.1) is 10.5 Å². The largest absolute Gasteiger partial charge is 0.434 e. The molecule has 1 aliphatic heterocycles. The van der Waals surface area contributed by atoms with Crippen molar-refractivity contribution in [3.05, 3.63) is 73.5 Å². The monoisotopic (exact) mass is 486 g/mol. The van der Waals surface area contributed by atoms with Crippen LogP contribution in [0.4, 0.5) is 14.5 Å². The highest BCUT2D eigenvalue weighted by Gasteiger charge is 2.25. The summed E-state index contributed by atoms with van der Waals surface area (Å²) in [6.07, 6.45) is 2.09. The first-order valence-corrected chi connectivity index (χ1v) is 8.94. The summed E-state index contributed by atoms with van der Waals surface area (Å²) in [7, 11) is 0. The minimum atomic E-state index is -2.94. The molecule has 140 valence electrons. The molecule has 6 nitrogen and oxygen atoms in total. The number of carbonyl (C=O) groups is 1. The lowest BCUT2D eigenvalue weighted by Gasteiger charge is -2.14. The van der Waals surface area contributed by atoms with Gasteiger partial charge in [0, 0.05) is 34.0 Å². The van der Waals surface area contributed by atoms with E-state index in [1.165, 1.54) is 29.2 Å². The maximum absolute atomic E-state index is 12.7. The van der Waals surface area contributed by atoms with Crippen LogP contribution in [-0.4, -0.2) is 28.9 Å². The molecule has 2 aromatic carbocycles. The number of carbonyl (C=O) groups excluding carboxylic acids is 1. The van der Waals surface area contributed by atoms with Crippen LogP contribution in [0.3, 0.4) is 0 Å². The van der Waals surface area contributed by atoms with E-state index in [1.807, 2.05) is 22.6 Å². The smallest absolute Gasteiger partial charge is 0.387 e. The van der Waals surface area contributed by atoms with Gasteiger partial charge in [-0.3, -0.25) is 14.9 Å². The van der Waals surface area contributed by atoms with E-state index in [-0.39, 0.29) is 17.3 Å². The van der Waals surface area contributed by atoms with E-state index >= 15 is 0 Å². The molecule has 0 atom stereocenters. The summed E-state index contributed by atoms with van der Waals surface area (Å²) < 4.78 is 30.2. The second kappa shape index (κ2) is 7.99. The minimum absolute atomic E-state index is 0.0537. The predicted octanol–water partition coefficient (Wildman–Crippen LogP) is 4.69. The second-order valence-corrected chi connectivity index (χ2v) is 6.86. The molecule has 1 heterocycles. The molecule has 1 aliphatic rings. The maximum Gasteiger partial charge on any atom is 0.387 e. The Morgan fingerprint density at radius 2 is 2.00 bits per heavy atom. The Labute approximate surface area is 166 Å². The zero-order valence-electron chi connectivity index (χ0n) is 13.8. The number of nitro groups is 1. The quantitative estimate of drug-likeness (QED) is 0.350. The number of halogens is 3. The maximum atomic E-state index is 12.7. The fraction of sp³-hybridized carbons (Fsp3) is 0.167. The van der Waals surface area contributed by atoms with Crippen LogP contribution in [0, 0.1) is 13.7 Å². The molecule has 0 bridgehead atoms. The summed E-state index contributed by atoms with van der Waals surface area (Å²) in [4.78, 5) is 24.5. The van der Waals surface area contributed by atoms with Gasteiger partial charge >= 0.3 is 6.61 Å². The highest BCUT2D eigenvalue weighted by atomic mass is 127. The lowest BCUT2D eigenvalue weighted by Crippen LogP contribution is -2.24. The van der Waals surface area contributed by atoms with Crippen LogP contribution < -0.4 is 4.74 Å². The van der Waals surface area contributed by atoms with Gasteiger partial charge in [-0.2, -0.15) is 8.78 Å². The molecule has 0 saturated carbocycles. The van der Waals surface area contributed by atoms with Gasteiger partial charge in [0.1, 0.15) is 5.75 Å². The first-order valence-electron chi connectivity index (χ1n) is 7.86. The molecule has 2 aromatic rings. The van der Waals surface area contributed by atoms with Crippen LogP contribution in [0.15, 0.2) is 48.7 Å². The van der Waals surface area contributed by atoms with Crippen LogP contribution >= 0.6 is 22.6 Å². The highest BCUT2D eigenvalue weighted by molar-refractivity contribution is 14.1. The van der Waals surface area contributed by atoms with Crippen molar-refractivity contribution in [1.29, 1.82) is 0 Å². The molecule has 0 aliphatic carbocycles. The van der Waals surface area contributed by atoms with Gasteiger partial charge in [-0.05, 0) is 46.7 Å². The Morgan fingerprint density at radius 3 is 2.67 bits per heavy atom. The lowest BCUT2D eigenvalue weighted by molar-refractivity contribution is -0.384. The number of non-ortho nitro benzene ring substituents is 1. The Morgan fingerprint density at radius 1 is 1.26 bits per heavy atom. The average molecular weight is 486 g/mol. The van der Waals surface area contributed by atoms with Crippen LogP contribution in [0.25, 0.3) is 5.57 Å². The number of rotatable bonds is 5. The van der Waals surface area contributed by atoms with Crippen LogP contribution in [0.5, 0.6) is 5.75 Å². The predicted molar refractivity (Wildman–Crippen MR) is 103 cm³/mol.